The zero-order valence-electron chi connectivity index (χ0n) is 11.4. The molecule has 1 heterocycles. The molecule has 2 heteroatoms. The largest absolute Gasteiger partial charge is 0.392 e. The summed E-state index contributed by atoms with van der Waals surface area (Å²) in [4.78, 5) is 2.35. The summed E-state index contributed by atoms with van der Waals surface area (Å²) in [6, 6.07) is 15.3. The summed E-state index contributed by atoms with van der Waals surface area (Å²) in [5.74, 6) is 0. The van der Waals surface area contributed by atoms with Crippen molar-refractivity contribution in [3.05, 3.63) is 59.2 Å². The highest BCUT2D eigenvalue weighted by Crippen LogP contribution is 2.39. The fourth-order valence-electron chi connectivity index (χ4n) is 3.01. The summed E-state index contributed by atoms with van der Waals surface area (Å²) in [5.41, 5.74) is 5.98. The van der Waals surface area contributed by atoms with E-state index in [0.717, 1.165) is 17.7 Å². The Morgan fingerprint density at radius 1 is 1.16 bits per heavy atom. The second kappa shape index (κ2) is 4.71. The lowest BCUT2D eigenvalue weighted by molar-refractivity contribution is 0.282. The molecule has 0 aliphatic carbocycles. The maximum Gasteiger partial charge on any atom is 0.0702 e. The Labute approximate surface area is 114 Å². The van der Waals surface area contributed by atoms with E-state index in [-0.39, 0.29) is 6.61 Å². The molecule has 2 nitrogen and oxygen atoms in total. The molecule has 19 heavy (non-hydrogen) atoms. The van der Waals surface area contributed by atoms with Crippen LogP contribution in [-0.4, -0.2) is 11.1 Å². The third-order valence-corrected chi connectivity index (χ3v) is 3.87. The van der Waals surface area contributed by atoms with Gasteiger partial charge in [-0.2, -0.15) is 0 Å². The van der Waals surface area contributed by atoms with E-state index in [1.807, 2.05) is 0 Å². The number of nitrogens with zero attached hydrogens (tertiary/aromatic N) is 1. The second-order valence-corrected chi connectivity index (χ2v) is 5.34. The van der Waals surface area contributed by atoms with Gasteiger partial charge in [0.2, 0.25) is 0 Å². The molecule has 0 radical (unpaired) electrons. The molecular formula is C17H19NO. The molecule has 0 saturated heterocycles. The Morgan fingerprint density at radius 3 is 2.74 bits per heavy atom. The van der Waals surface area contributed by atoms with Gasteiger partial charge in [0.1, 0.15) is 0 Å². The third kappa shape index (κ3) is 2.02. The van der Waals surface area contributed by atoms with Crippen molar-refractivity contribution in [1.82, 2.24) is 0 Å². The molecule has 0 aromatic heterocycles. The van der Waals surface area contributed by atoms with Crippen molar-refractivity contribution >= 4 is 11.4 Å². The second-order valence-electron chi connectivity index (χ2n) is 5.34. The maximum atomic E-state index is 9.61. The highest BCUT2D eigenvalue weighted by Gasteiger charge is 2.27. The molecule has 1 unspecified atom stereocenters. The van der Waals surface area contributed by atoms with Crippen molar-refractivity contribution in [2.75, 3.05) is 4.90 Å². The van der Waals surface area contributed by atoms with Gasteiger partial charge in [-0.05, 0) is 38.0 Å². The van der Waals surface area contributed by atoms with Gasteiger partial charge < -0.3 is 10.0 Å². The predicted octanol–water partition coefficient (Wildman–Crippen LogP) is 3.57. The van der Waals surface area contributed by atoms with Crippen molar-refractivity contribution in [1.29, 1.82) is 0 Å². The number of hydrogen-bond acceptors (Lipinski definition) is 2. The average molecular weight is 253 g/mol. The van der Waals surface area contributed by atoms with Crippen LogP contribution in [0, 0.1) is 6.92 Å². The molecule has 98 valence electrons. The van der Waals surface area contributed by atoms with Crippen molar-refractivity contribution in [2.45, 2.75) is 32.9 Å². The summed E-state index contributed by atoms with van der Waals surface area (Å²) in [6.45, 7) is 4.38. The number of para-hydroxylation sites is 1. The highest BCUT2D eigenvalue weighted by atomic mass is 16.3. The first kappa shape index (κ1) is 12.2. The zero-order chi connectivity index (χ0) is 13.4. The lowest BCUT2D eigenvalue weighted by atomic mass is 10.1. The first-order valence-corrected chi connectivity index (χ1v) is 6.78. The summed E-state index contributed by atoms with van der Waals surface area (Å²) in [5, 5.41) is 9.61. The molecule has 2 aromatic rings. The van der Waals surface area contributed by atoms with Crippen molar-refractivity contribution in [2.24, 2.45) is 0 Å². The molecule has 3 rings (SSSR count). The molecule has 1 aliphatic heterocycles. The molecule has 1 aliphatic rings. The molecule has 0 spiro atoms. The smallest absolute Gasteiger partial charge is 0.0702 e. The number of aliphatic hydroxyl groups excluding tert-OH is 1. The predicted molar refractivity (Wildman–Crippen MR) is 78.8 cm³/mol. The Balaban J connectivity index is 2.12. The highest BCUT2D eigenvalue weighted by molar-refractivity contribution is 5.73. The summed E-state index contributed by atoms with van der Waals surface area (Å²) in [7, 11) is 0. The number of aryl methyl sites for hydroxylation is 1. The quantitative estimate of drug-likeness (QED) is 0.884. The number of aliphatic hydroxyl groups is 1. The minimum Gasteiger partial charge on any atom is -0.392 e. The van der Waals surface area contributed by atoms with E-state index in [9.17, 15) is 5.11 Å². The topological polar surface area (TPSA) is 23.5 Å². The van der Waals surface area contributed by atoms with Gasteiger partial charge in [-0.1, -0.05) is 35.9 Å². The lowest BCUT2D eigenvalue weighted by Gasteiger charge is -2.27. The average Bonchev–Trinajstić information content (AvgIpc) is 2.74. The first-order valence-electron chi connectivity index (χ1n) is 6.78. The van der Waals surface area contributed by atoms with E-state index in [2.05, 4.69) is 61.2 Å². The van der Waals surface area contributed by atoms with Crippen molar-refractivity contribution < 1.29 is 5.11 Å². The van der Waals surface area contributed by atoms with Crippen LogP contribution in [0.25, 0.3) is 0 Å². The van der Waals surface area contributed by atoms with Crippen molar-refractivity contribution in [3.8, 4) is 0 Å². The minimum absolute atomic E-state index is 0.0857. The lowest BCUT2D eigenvalue weighted by Crippen LogP contribution is -2.25. The van der Waals surface area contributed by atoms with E-state index < -0.39 is 0 Å². The summed E-state index contributed by atoms with van der Waals surface area (Å²) >= 11 is 0. The van der Waals surface area contributed by atoms with Gasteiger partial charge >= 0.3 is 0 Å². The SMILES string of the molecule is Cc1ccc(N2c3ccccc3CC2C)c(CO)c1. The summed E-state index contributed by atoms with van der Waals surface area (Å²) < 4.78 is 0. The fraction of sp³-hybridized carbons (Fsp3) is 0.294. The monoisotopic (exact) mass is 253 g/mol. The Kier molecular flexibility index (Phi) is 3.03. The van der Waals surface area contributed by atoms with E-state index in [0.29, 0.717) is 6.04 Å². The molecular weight excluding hydrogens is 234 g/mol. The van der Waals surface area contributed by atoms with E-state index in [1.165, 1.54) is 16.8 Å². The summed E-state index contributed by atoms with van der Waals surface area (Å²) in [6.07, 6.45) is 1.06. The van der Waals surface area contributed by atoms with Gasteiger partial charge in [0.05, 0.1) is 6.61 Å². The van der Waals surface area contributed by atoms with Crippen LogP contribution in [0.2, 0.25) is 0 Å². The third-order valence-electron chi connectivity index (χ3n) is 3.87. The Hall–Kier alpha value is -1.80. The van der Waals surface area contributed by atoms with E-state index in [1.54, 1.807) is 0 Å². The standard InChI is InChI=1S/C17H19NO/c1-12-7-8-17(15(9-12)11-19)18-13(2)10-14-5-3-4-6-16(14)18/h3-9,13,19H,10-11H2,1-2H3. The van der Waals surface area contributed by atoms with Crippen LogP contribution in [0.15, 0.2) is 42.5 Å². The number of anilines is 2. The van der Waals surface area contributed by atoms with E-state index >= 15 is 0 Å². The Morgan fingerprint density at radius 2 is 1.95 bits per heavy atom. The molecule has 0 saturated carbocycles. The van der Waals surface area contributed by atoms with Gasteiger partial charge in [0.15, 0.2) is 0 Å². The first-order chi connectivity index (χ1) is 9.20. The minimum atomic E-state index is 0.0857. The molecule has 0 fully saturated rings. The Bertz CT molecular complexity index is 606. The van der Waals surface area contributed by atoms with Crippen LogP contribution >= 0.6 is 0 Å². The fourth-order valence-corrected chi connectivity index (χ4v) is 3.01. The number of rotatable bonds is 2. The van der Waals surface area contributed by atoms with Crippen LogP contribution in [0.3, 0.4) is 0 Å². The van der Waals surface area contributed by atoms with Gasteiger partial charge in [-0.25, -0.2) is 0 Å². The van der Waals surface area contributed by atoms with Crippen LogP contribution in [0.4, 0.5) is 11.4 Å². The van der Waals surface area contributed by atoms with Gasteiger partial charge in [-0.3, -0.25) is 0 Å². The van der Waals surface area contributed by atoms with E-state index in [4.69, 9.17) is 0 Å². The number of benzene rings is 2. The number of hydrogen-bond donors (Lipinski definition) is 1. The van der Waals surface area contributed by atoms with Crippen LogP contribution < -0.4 is 4.90 Å². The van der Waals surface area contributed by atoms with Crippen LogP contribution in [0.5, 0.6) is 0 Å². The van der Waals surface area contributed by atoms with Crippen molar-refractivity contribution in [3.63, 3.8) is 0 Å². The zero-order valence-corrected chi connectivity index (χ0v) is 11.4. The molecule has 1 atom stereocenters. The van der Waals surface area contributed by atoms with Gasteiger partial charge in [0.25, 0.3) is 0 Å². The molecule has 0 amide bonds. The number of fused-ring (bicyclic) bond motifs is 1. The van der Waals surface area contributed by atoms with Crippen LogP contribution in [-0.2, 0) is 13.0 Å². The molecule has 0 bridgehead atoms. The van der Waals surface area contributed by atoms with Gasteiger partial charge in [-0.15, -0.1) is 0 Å². The molecule has 2 aromatic carbocycles. The maximum absolute atomic E-state index is 9.61. The molecule has 1 N–H and O–H groups in total. The van der Waals surface area contributed by atoms with Gasteiger partial charge in [0, 0.05) is 23.0 Å². The normalized spacial score (nSPS) is 17.6. The van der Waals surface area contributed by atoms with Crippen LogP contribution in [0.1, 0.15) is 23.6 Å².